The van der Waals surface area contributed by atoms with Crippen LogP contribution in [0.15, 0.2) is 18.2 Å². The zero-order chi connectivity index (χ0) is 19.8. The second-order valence-electron chi connectivity index (χ2n) is 9.91. The van der Waals surface area contributed by atoms with Crippen LogP contribution in [-0.2, 0) is 23.2 Å². The van der Waals surface area contributed by atoms with Gasteiger partial charge in [-0.15, -0.1) is 0 Å². The van der Waals surface area contributed by atoms with Crippen LogP contribution >= 0.6 is 0 Å². The Labute approximate surface area is 176 Å². The number of carbonyl (C=O) groups is 1. The lowest BCUT2D eigenvalue weighted by molar-refractivity contribution is -0.134. The summed E-state index contributed by atoms with van der Waals surface area (Å²) in [4.78, 5) is 20.1. The van der Waals surface area contributed by atoms with Gasteiger partial charge in [-0.2, -0.15) is 0 Å². The molecule has 0 N–H and O–H groups in total. The van der Waals surface area contributed by atoms with E-state index in [1.165, 1.54) is 76.7 Å². The van der Waals surface area contributed by atoms with Gasteiger partial charge in [0.05, 0.1) is 5.54 Å². The van der Waals surface area contributed by atoms with Gasteiger partial charge >= 0.3 is 0 Å². The summed E-state index contributed by atoms with van der Waals surface area (Å²) in [6.07, 6.45) is 11.3. The summed E-state index contributed by atoms with van der Waals surface area (Å²) in [7, 11) is 0. The monoisotopic (exact) mass is 395 g/mol. The second kappa shape index (κ2) is 8.03. The smallest absolute Gasteiger partial charge is 0.220 e. The van der Waals surface area contributed by atoms with Crippen molar-refractivity contribution in [2.75, 3.05) is 39.3 Å². The molecule has 3 saturated heterocycles. The molecule has 5 rings (SSSR count). The zero-order valence-corrected chi connectivity index (χ0v) is 18.2. The van der Waals surface area contributed by atoms with Gasteiger partial charge in [-0.3, -0.25) is 4.79 Å². The minimum atomic E-state index is -0.114. The van der Waals surface area contributed by atoms with Crippen LogP contribution in [-0.4, -0.2) is 65.9 Å². The zero-order valence-electron chi connectivity index (χ0n) is 18.2. The number of aryl methyl sites for hydroxylation is 1. The number of rotatable bonds is 4. The lowest BCUT2D eigenvalue weighted by atomic mass is 9.80. The van der Waals surface area contributed by atoms with Gasteiger partial charge in [0.2, 0.25) is 5.91 Å². The Kier molecular flexibility index (Phi) is 5.42. The van der Waals surface area contributed by atoms with Crippen LogP contribution in [0.4, 0.5) is 0 Å². The number of hydrogen-bond acceptors (Lipinski definition) is 3. The van der Waals surface area contributed by atoms with Gasteiger partial charge in [0.1, 0.15) is 0 Å². The fourth-order valence-electron chi connectivity index (χ4n) is 6.65. The molecule has 3 heterocycles. The predicted molar refractivity (Wildman–Crippen MR) is 117 cm³/mol. The summed E-state index contributed by atoms with van der Waals surface area (Å²) in [6, 6.07) is 8.03. The van der Waals surface area contributed by atoms with E-state index in [4.69, 9.17) is 0 Å². The second-order valence-corrected chi connectivity index (χ2v) is 9.91. The maximum atomic E-state index is 12.6. The van der Waals surface area contributed by atoms with Crippen molar-refractivity contribution in [3.63, 3.8) is 0 Å². The molecule has 0 radical (unpaired) electrons. The highest BCUT2D eigenvalue weighted by atomic mass is 16.2. The quantitative estimate of drug-likeness (QED) is 0.780. The maximum absolute atomic E-state index is 12.6. The van der Waals surface area contributed by atoms with E-state index in [0.29, 0.717) is 0 Å². The third-order valence-corrected chi connectivity index (χ3v) is 8.16. The Hall–Kier alpha value is -1.39. The van der Waals surface area contributed by atoms with Crippen LogP contribution in [0.25, 0.3) is 0 Å². The molecule has 1 amide bonds. The molecule has 29 heavy (non-hydrogen) atoms. The lowest BCUT2D eigenvalue weighted by Gasteiger charge is -2.42. The molecule has 3 fully saturated rings. The number of likely N-dealkylation sites (tertiary alicyclic amines) is 3. The van der Waals surface area contributed by atoms with E-state index in [2.05, 4.69) is 32.9 Å². The number of benzene rings is 1. The molecule has 4 aliphatic rings. The largest absolute Gasteiger partial charge is 0.332 e. The molecule has 2 unspecified atom stereocenters. The van der Waals surface area contributed by atoms with Crippen molar-refractivity contribution in [1.82, 2.24) is 14.7 Å². The van der Waals surface area contributed by atoms with Crippen molar-refractivity contribution in [3.8, 4) is 0 Å². The molecule has 3 aliphatic heterocycles. The third kappa shape index (κ3) is 3.63. The maximum Gasteiger partial charge on any atom is 0.220 e. The van der Waals surface area contributed by atoms with Gasteiger partial charge in [0.15, 0.2) is 0 Å². The van der Waals surface area contributed by atoms with E-state index in [-0.39, 0.29) is 11.4 Å². The van der Waals surface area contributed by atoms with Crippen LogP contribution in [0.5, 0.6) is 0 Å². The minimum absolute atomic E-state index is 0.114. The molecule has 1 aromatic rings. The molecule has 1 aromatic carbocycles. The van der Waals surface area contributed by atoms with Crippen molar-refractivity contribution in [3.05, 3.63) is 34.9 Å². The van der Waals surface area contributed by atoms with Crippen molar-refractivity contribution >= 4 is 5.91 Å². The Morgan fingerprint density at radius 3 is 2.52 bits per heavy atom. The Bertz CT molecular complexity index is 750. The fraction of sp³-hybridized carbons (Fsp3) is 0.720. The highest BCUT2D eigenvalue weighted by molar-refractivity contribution is 5.75. The van der Waals surface area contributed by atoms with Gasteiger partial charge in [-0.1, -0.05) is 18.2 Å². The first-order chi connectivity index (χ1) is 14.2. The number of nitrogens with zero attached hydrogens (tertiary/aromatic N) is 3. The van der Waals surface area contributed by atoms with Crippen molar-refractivity contribution in [1.29, 1.82) is 0 Å². The molecular weight excluding hydrogens is 358 g/mol. The standard InChI is InChI=1S/C25H37N3O/c1-20(29)28-16-6-11-25(28,19-26-12-2-3-13-26)23-9-7-22-18-24(10-8-21(22)17-23)27-14-4-5-15-27/h7,9,17,24H,2-6,8,10-16,18-19H2,1H3. The highest BCUT2D eigenvalue weighted by Crippen LogP contribution is 2.42. The van der Waals surface area contributed by atoms with E-state index in [1.807, 2.05) is 0 Å². The van der Waals surface area contributed by atoms with Crippen LogP contribution in [0.3, 0.4) is 0 Å². The molecule has 0 aromatic heterocycles. The average Bonchev–Trinajstić information content (AvgIpc) is 3.49. The van der Waals surface area contributed by atoms with Gasteiger partial charge < -0.3 is 14.7 Å². The summed E-state index contributed by atoms with van der Waals surface area (Å²) >= 11 is 0. The van der Waals surface area contributed by atoms with Gasteiger partial charge in [0, 0.05) is 26.1 Å². The fourth-order valence-corrected chi connectivity index (χ4v) is 6.65. The third-order valence-electron chi connectivity index (χ3n) is 8.16. The van der Waals surface area contributed by atoms with E-state index in [9.17, 15) is 4.79 Å². The number of amides is 1. The van der Waals surface area contributed by atoms with Crippen molar-refractivity contribution < 1.29 is 4.79 Å². The molecule has 2 atom stereocenters. The van der Waals surface area contributed by atoms with Crippen LogP contribution in [0.1, 0.15) is 68.6 Å². The Balaban J connectivity index is 1.43. The Morgan fingerprint density at radius 1 is 1.00 bits per heavy atom. The SMILES string of the molecule is CC(=O)N1CCCC1(CN1CCCC1)c1ccc2c(c1)CCC(N1CCCC1)C2. The van der Waals surface area contributed by atoms with Gasteiger partial charge in [-0.25, -0.2) is 0 Å². The summed E-state index contributed by atoms with van der Waals surface area (Å²) in [5.41, 5.74) is 4.39. The molecule has 4 heteroatoms. The first kappa shape index (κ1) is 19.6. The molecule has 158 valence electrons. The normalized spacial score (nSPS) is 30.8. The van der Waals surface area contributed by atoms with E-state index in [0.717, 1.165) is 32.0 Å². The van der Waals surface area contributed by atoms with E-state index in [1.54, 1.807) is 18.1 Å². The first-order valence-electron chi connectivity index (χ1n) is 12.0. The molecule has 1 aliphatic carbocycles. The molecule has 0 saturated carbocycles. The number of fused-ring (bicyclic) bond motifs is 1. The minimum Gasteiger partial charge on any atom is -0.332 e. The average molecular weight is 396 g/mol. The van der Waals surface area contributed by atoms with Crippen molar-refractivity contribution in [2.24, 2.45) is 0 Å². The molecule has 0 spiro atoms. The summed E-state index contributed by atoms with van der Waals surface area (Å²) in [5.74, 6) is 0.244. The predicted octanol–water partition coefficient (Wildman–Crippen LogP) is 3.57. The van der Waals surface area contributed by atoms with Crippen LogP contribution in [0, 0.1) is 0 Å². The Morgan fingerprint density at radius 2 is 1.76 bits per heavy atom. The molecular formula is C25H37N3O. The number of hydrogen-bond donors (Lipinski definition) is 0. The highest BCUT2D eigenvalue weighted by Gasteiger charge is 2.45. The molecule has 0 bridgehead atoms. The van der Waals surface area contributed by atoms with Crippen LogP contribution < -0.4 is 0 Å². The van der Waals surface area contributed by atoms with Gasteiger partial charge in [-0.05, 0) is 101 Å². The van der Waals surface area contributed by atoms with Crippen LogP contribution in [0.2, 0.25) is 0 Å². The summed E-state index contributed by atoms with van der Waals surface area (Å²) in [5, 5.41) is 0. The summed E-state index contributed by atoms with van der Waals surface area (Å²) < 4.78 is 0. The lowest BCUT2D eigenvalue weighted by Crippen LogP contribution is -2.51. The van der Waals surface area contributed by atoms with Gasteiger partial charge in [0.25, 0.3) is 0 Å². The number of carbonyl (C=O) groups excluding carboxylic acids is 1. The van der Waals surface area contributed by atoms with E-state index < -0.39 is 0 Å². The first-order valence-corrected chi connectivity index (χ1v) is 12.0. The van der Waals surface area contributed by atoms with E-state index >= 15 is 0 Å². The topological polar surface area (TPSA) is 26.8 Å². The molecule has 4 nitrogen and oxygen atoms in total. The van der Waals surface area contributed by atoms with Crippen molar-refractivity contribution in [2.45, 2.75) is 76.3 Å². The summed E-state index contributed by atoms with van der Waals surface area (Å²) in [6.45, 7) is 8.67.